The first-order valence-electron chi connectivity index (χ1n) is 6.87. The van der Waals surface area contributed by atoms with Gasteiger partial charge in [-0.1, -0.05) is 41.0 Å². The van der Waals surface area contributed by atoms with Crippen LogP contribution in [-0.2, 0) is 0 Å². The molecule has 1 aromatic heterocycles. The minimum atomic E-state index is -0.221. The van der Waals surface area contributed by atoms with Crippen molar-refractivity contribution in [3.05, 3.63) is 70.5 Å². The lowest BCUT2D eigenvalue weighted by Crippen LogP contribution is -2.11. The predicted octanol–water partition coefficient (Wildman–Crippen LogP) is 4.41. The van der Waals surface area contributed by atoms with E-state index in [4.69, 9.17) is 10.2 Å². The van der Waals surface area contributed by atoms with Crippen molar-refractivity contribution in [3.63, 3.8) is 0 Å². The molecule has 0 fully saturated rings. The van der Waals surface area contributed by atoms with E-state index in [-0.39, 0.29) is 6.04 Å². The van der Waals surface area contributed by atoms with Crippen LogP contribution in [0.2, 0.25) is 0 Å². The van der Waals surface area contributed by atoms with Crippen LogP contribution in [0.1, 0.15) is 34.1 Å². The van der Waals surface area contributed by atoms with E-state index in [1.165, 1.54) is 16.7 Å². The lowest BCUT2D eigenvalue weighted by molar-refractivity contribution is 0.525. The van der Waals surface area contributed by atoms with Crippen LogP contribution < -0.4 is 5.73 Å². The molecule has 0 saturated heterocycles. The summed E-state index contributed by atoms with van der Waals surface area (Å²) in [7, 11) is 0. The third-order valence-electron chi connectivity index (χ3n) is 3.60. The Bertz CT molecular complexity index is 750. The zero-order chi connectivity index (χ0) is 14.3. The number of nitrogens with two attached hydrogens (primary N) is 1. The zero-order valence-corrected chi connectivity index (χ0v) is 12.1. The average Bonchev–Trinajstić information content (AvgIpc) is 2.79. The number of fused-ring (bicyclic) bond motifs is 1. The van der Waals surface area contributed by atoms with Gasteiger partial charge in [-0.3, -0.25) is 0 Å². The first-order chi connectivity index (χ1) is 9.52. The third-order valence-corrected chi connectivity index (χ3v) is 3.60. The van der Waals surface area contributed by atoms with Gasteiger partial charge >= 0.3 is 0 Å². The lowest BCUT2D eigenvalue weighted by Gasteiger charge is -2.11. The minimum Gasteiger partial charge on any atom is -0.459 e. The Morgan fingerprint density at radius 1 is 0.850 bits per heavy atom. The van der Waals surface area contributed by atoms with Gasteiger partial charge < -0.3 is 10.2 Å². The maximum atomic E-state index is 6.36. The van der Waals surface area contributed by atoms with Crippen molar-refractivity contribution in [3.8, 4) is 0 Å². The Kier molecular flexibility index (Phi) is 3.11. The highest BCUT2D eigenvalue weighted by Gasteiger charge is 2.15. The number of benzene rings is 2. The van der Waals surface area contributed by atoms with Crippen LogP contribution in [0.5, 0.6) is 0 Å². The van der Waals surface area contributed by atoms with Gasteiger partial charge in [-0.05, 0) is 44.5 Å². The van der Waals surface area contributed by atoms with Gasteiger partial charge in [0.2, 0.25) is 0 Å². The van der Waals surface area contributed by atoms with Crippen molar-refractivity contribution in [1.29, 1.82) is 0 Å². The highest BCUT2D eigenvalue weighted by Crippen LogP contribution is 2.28. The highest BCUT2D eigenvalue weighted by molar-refractivity contribution is 5.78. The van der Waals surface area contributed by atoms with E-state index in [0.29, 0.717) is 0 Å². The molecule has 0 aliphatic carbocycles. The number of aryl methyl sites for hydroxylation is 3. The fraction of sp³-hybridized carbons (Fsp3) is 0.222. The van der Waals surface area contributed by atoms with Gasteiger partial charge in [0.05, 0.1) is 6.04 Å². The molecule has 0 aliphatic rings. The van der Waals surface area contributed by atoms with Crippen molar-refractivity contribution in [1.82, 2.24) is 0 Å². The summed E-state index contributed by atoms with van der Waals surface area (Å²) in [5.74, 6) is 0.815. The smallest absolute Gasteiger partial charge is 0.134 e. The van der Waals surface area contributed by atoms with Gasteiger partial charge in [0.25, 0.3) is 0 Å². The molecule has 0 spiro atoms. The van der Waals surface area contributed by atoms with E-state index in [1.807, 2.05) is 12.1 Å². The Balaban J connectivity index is 2.05. The molecule has 102 valence electrons. The number of hydrogen-bond donors (Lipinski definition) is 1. The number of furan rings is 1. The van der Waals surface area contributed by atoms with Crippen molar-refractivity contribution < 1.29 is 4.42 Å². The fourth-order valence-corrected chi connectivity index (χ4v) is 2.69. The molecular formula is C18H19NO. The van der Waals surface area contributed by atoms with Gasteiger partial charge in [-0.15, -0.1) is 0 Å². The van der Waals surface area contributed by atoms with Crippen LogP contribution in [-0.4, -0.2) is 0 Å². The summed E-state index contributed by atoms with van der Waals surface area (Å²) in [5, 5.41) is 1.11. The summed E-state index contributed by atoms with van der Waals surface area (Å²) in [5.41, 5.74) is 12.0. The molecule has 3 aromatic rings. The molecule has 0 aliphatic heterocycles. The van der Waals surface area contributed by atoms with E-state index < -0.39 is 0 Å². The number of hydrogen-bond acceptors (Lipinski definition) is 2. The molecule has 2 heteroatoms. The Hall–Kier alpha value is -2.06. The normalized spacial score (nSPS) is 12.8. The predicted molar refractivity (Wildman–Crippen MR) is 82.9 cm³/mol. The molecule has 1 heterocycles. The summed E-state index contributed by atoms with van der Waals surface area (Å²) in [6, 6.07) is 14.4. The fourth-order valence-electron chi connectivity index (χ4n) is 2.69. The van der Waals surface area contributed by atoms with Crippen LogP contribution >= 0.6 is 0 Å². The zero-order valence-electron chi connectivity index (χ0n) is 12.1. The molecule has 0 radical (unpaired) electrons. The Labute approximate surface area is 119 Å². The van der Waals surface area contributed by atoms with Gasteiger partial charge in [0, 0.05) is 5.39 Å². The van der Waals surface area contributed by atoms with Crippen LogP contribution in [0.3, 0.4) is 0 Å². The van der Waals surface area contributed by atoms with Crippen LogP contribution in [0, 0.1) is 20.8 Å². The summed E-state index contributed by atoms with van der Waals surface area (Å²) in [6.07, 6.45) is 0. The van der Waals surface area contributed by atoms with E-state index >= 15 is 0 Å². The summed E-state index contributed by atoms with van der Waals surface area (Å²) in [6.45, 7) is 6.26. The Morgan fingerprint density at radius 2 is 1.55 bits per heavy atom. The second-order valence-corrected chi connectivity index (χ2v) is 5.59. The topological polar surface area (TPSA) is 39.2 Å². The van der Waals surface area contributed by atoms with Crippen molar-refractivity contribution in [2.24, 2.45) is 5.73 Å². The first-order valence-corrected chi connectivity index (χ1v) is 6.87. The SMILES string of the molecule is Cc1cc(C)cc(C(N)c2cc3cc(C)ccc3o2)c1. The molecule has 0 saturated carbocycles. The summed E-state index contributed by atoms with van der Waals surface area (Å²) < 4.78 is 5.89. The van der Waals surface area contributed by atoms with Crippen LogP contribution in [0.15, 0.2) is 46.9 Å². The molecule has 0 bridgehead atoms. The van der Waals surface area contributed by atoms with Crippen LogP contribution in [0.25, 0.3) is 11.0 Å². The van der Waals surface area contributed by atoms with Gasteiger partial charge in [-0.2, -0.15) is 0 Å². The molecule has 2 nitrogen and oxygen atoms in total. The van der Waals surface area contributed by atoms with Gasteiger partial charge in [-0.25, -0.2) is 0 Å². The first kappa shape index (κ1) is 12.9. The van der Waals surface area contributed by atoms with Gasteiger partial charge in [0.1, 0.15) is 11.3 Å². The molecule has 0 amide bonds. The number of rotatable bonds is 2. The second kappa shape index (κ2) is 4.80. The molecule has 3 rings (SSSR count). The van der Waals surface area contributed by atoms with Crippen molar-refractivity contribution in [2.45, 2.75) is 26.8 Å². The maximum Gasteiger partial charge on any atom is 0.134 e. The monoisotopic (exact) mass is 265 g/mol. The quantitative estimate of drug-likeness (QED) is 0.745. The Morgan fingerprint density at radius 3 is 2.25 bits per heavy atom. The molecule has 1 unspecified atom stereocenters. The van der Waals surface area contributed by atoms with E-state index in [9.17, 15) is 0 Å². The minimum absolute atomic E-state index is 0.221. The molecule has 1 atom stereocenters. The summed E-state index contributed by atoms with van der Waals surface area (Å²) >= 11 is 0. The second-order valence-electron chi connectivity index (χ2n) is 5.59. The van der Waals surface area contributed by atoms with Gasteiger partial charge in [0.15, 0.2) is 0 Å². The molecule has 2 aromatic carbocycles. The largest absolute Gasteiger partial charge is 0.459 e. The molecular weight excluding hydrogens is 246 g/mol. The average molecular weight is 265 g/mol. The van der Waals surface area contributed by atoms with Crippen molar-refractivity contribution in [2.75, 3.05) is 0 Å². The highest BCUT2D eigenvalue weighted by atomic mass is 16.3. The molecule has 20 heavy (non-hydrogen) atoms. The standard InChI is InChI=1S/C18H19NO/c1-11-4-5-16-14(7-11)10-17(20-16)18(19)15-8-12(2)6-13(3)9-15/h4-10,18H,19H2,1-3H3. The molecule has 2 N–H and O–H groups in total. The van der Waals surface area contributed by atoms with E-state index in [1.54, 1.807) is 0 Å². The maximum absolute atomic E-state index is 6.36. The van der Waals surface area contributed by atoms with E-state index in [0.717, 1.165) is 22.3 Å². The van der Waals surface area contributed by atoms with Crippen molar-refractivity contribution >= 4 is 11.0 Å². The van der Waals surface area contributed by atoms with Crippen LogP contribution in [0.4, 0.5) is 0 Å². The van der Waals surface area contributed by atoms with E-state index in [2.05, 4.69) is 51.1 Å². The third kappa shape index (κ3) is 2.35. The lowest BCUT2D eigenvalue weighted by atomic mass is 10.0. The summed E-state index contributed by atoms with van der Waals surface area (Å²) in [4.78, 5) is 0.